The largest absolute Gasteiger partial charge is 0.392 e. The number of aromatic nitrogens is 2. The minimum absolute atomic E-state index is 0.0969. The number of rotatable bonds is 3. The second-order valence-corrected chi connectivity index (χ2v) is 3.24. The number of aliphatic hydroxyl groups is 1. The van der Waals surface area contributed by atoms with Crippen molar-refractivity contribution in [3.05, 3.63) is 54.1 Å². The highest BCUT2D eigenvalue weighted by atomic mass is 19.1. The van der Waals surface area contributed by atoms with Crippen molar-refractivity contribution in [1.29, 1.82) is 0 Å². The summed E-state index contributed by atoms with van der Waals surface area (Å²) in [7, 11) is 0. The fourth-order valence-corrected chi connectivity index (χ4v) is 1.39. The molecule has 1 aromatic carbocycles. The van der Waals surface area contributed by atoms with Crippen molar-refractivity contribution >= 4 is 6.08 Å². The van der Waals surface area contributed by atoms with Gasteiger partial charge in [0.05, 0.1) is 12.3 Å². The van der Waals surface area contributed by atoms with E-state index in [-0.39, 0.29) is 12.4 Å². The minimum Gasteiger partial charge on any atom is -0.392 e. The number of hydrogen-bond acceptors (Lipinski definition) is 2. The molecule has 3 nitrogen and oxygen atoms in total. The van der Waals surface area contributed by atoms with Gasteiger partial charge in [-0.3, -0.25) is 0 Å². The van der Waals surface area contributed by atoms with E-state index in [1.807, 2.05) is 0 Å². The predicted molar refractivity (Wildman–Crippen MR) is 59.6 cm³/mol. The molecular formula is C12H11FN2O. The van der Waals surface area contributed by atoms with Crippen LogP contribution < -0.4 is 0 Å². The fourth-order valence-electron chi connectivity index (χ4n) is 1.39. The first kappa shape index (κ1) is 10.6. The zero-order valence-electron chi connectivity index (χ0n) is 8.55. The Morgan fingerprint density at radius 3 is 2.94 bits per heavy atom. The summed E-state index contributed by atoms with van der Waals surface area (Å²) in [5, 5.41) is 12.6. The summed E-state index contributed by atoms with van der Waals surface area (Å²) in [5.74, 6) is -0.335. The van der Waals surface area contributed by atoms with Crippen LogP contribution in [0.1, 0.15) is 5.56 Å². The molecule has 0 spiro atoms. The molecule has 0 atom stereocenters. The Balaban J connectivity index is 2.33. The van der Waals surface area contributed by atoms with E-state index in [4.69, 9.17) is 5.11 Å². The molecule has 16 heavy (non-hydrogen) atoms. The number of halogens is 1. The molecule has 1 N–H and O–H groups in total. The van der Waals surface area contributed by atoms with Crippen LogP contribution in [0.4, 0.5) is 4.39 Å². The van der Waals surface area contributed by atoms with Gasteiger partial charge in [-0.25, -0.2) is 9.07 Å². The van der Waals surface area contributed by atoms with E-state index < -0.39 is 0 Å². The van der Waals surface area contributed by atoms with E-state index in [2.05, 4.69) is 5.10 Å². The molecule has 0 aliphatic carbocycles. The molecule has 2 aromatic rings. The zero-order chi connectivity index (χ0) is 11.4. The molecule has 0 fully saturated rings. The van der Waals surface area contributed by atoms with Gasteiger partial charge in [0.25, 0.3) is 0 Å². The highest BCUT2D eigenvalue weighted by Crippen LogP contribution is 2.14. The minimum atomic E-state index is -0.335. The number of aliphatic hydroxyl groups excluding tert-OH is 1. The summed E-state index contributed by atoms with van der Waals surface area (Å²) >= 11 is 0. The molecule has 1 heterocycles. The molecule has 0 unspecified atom stereocenters. The van der Waals surface area contributed by atoms with Crippen molar-refractivity contribution in [2.24, 2.45) is 0 Å². The average molecular weight is 218 g/mol. The Morgan fingerprint density at radius 2 is 2.31 bits per heavy atom. The molecule has 0 saturated carbocycles. The molecule has 0 aliphatic rings. The SMILES string of the molecule is OC/C=C/c1ccc(-n2cccn2)cc1F. The summed E-state index contributed by atoms with van der Waals surface area (Å²) in [6, 6.07) is 6.60. The number of hydrogen-bond donors (Lipinski definition) is 1. The maximum atomic E-state index is 13.6. The summed E-state index contributed by atoms with van der Waals surface area (Å²) < 4.78 is 15.2. The van der Waals surface area contributed by atoms with Crippen molar-refractivity contribution in [2.75, 3.05) is 6.61 Å². The number of benzene rings is 1. The lowest BCUT2D eigenvalue weighted by Gasteiger charge is -2.03. The monoisotopic (exact) mass is 218 g/mol. The van der Waals surface area contributed by atoms with Gasteiger partial charge in [0, 0.05) is 24.0 Å². The van der Waals surface area contributed by atoms with Crippen molar-refractivity contribution < 1.29 is 9.50 Å². The lowest BCUT2D eigenvalue weighted by molar-refractivity contribution is 0.343. The molecule has 0 aliphatic heterocycles. The average Bonchev–Trinajstić information content (AvgIpc) is 2.81. The summed E-state index contributed by atoms with van der Waals surface area (Å²) in [4.78, 5) is 0. The van der Waals surface area contributed by atoms with Crippen molar-refractivity contribution in [3.8, 4) is 5.69 Å². The Labute approximate surface area is 92.5 Å². The van der Waals surface area contributed by atoms with E-state index in [1.54, 1.807) is 41.4 Å². The van der Waals surface area contributed by atoms with Gasteiger partial charge in [0.2, 0.25) is 0 Å². The molecular weight excluding hydrogens is 207 g/mol. The molecule has 0 radical (unpaired) electrons. The second-order valence-electron chi connectivity index (χ2n) is 3.24. The third kappa shape index (κ3) is 2.17. The van der Waals surface area contributed by atoms with Crippen LogP contribution in [0.5, 0.6) is 0 Å². The van der Waals surface area contributed by atoms with Crippen LogP contribution in [-0.2, 0) is 0 Å². The van der Waals surface area contributed by atoms with E-state index in [0.717, 1.165) is 0 Å². The van der Waals surface area contributed by atoms with Crippen LogP contribution in [0.3, 0.4) is 0 Å². The van der Waals surface area contributed by atoms with Crippen molar-refractivity contribution in [2.45, 2.75) is 0 Å². The first-order chi connectivity index (χ1) is 7.81. The third-order valence-corrected chi connectivity index (χ3v) is 2.16. The summed E-state index contributed by atoms with van der Waals surface area (Å²) in [6.45, 7) is -0.0969. The van der Waals surface area contributed by atoms with Gasteiger partial charge in [-0.05, 0) is 18.2 Å². The lowest BCUT2D eigenvalue weighted by atomic mass is 10.2. The first-order valence-electron chi connectivity index (χ1n) is 4.88. The zero-order valence-corrected chi connectivity index (χ0v) is 8.55. The standard InChI is InChI=1S/C12H11FN2O/c13-12-9-11(15-7-2-6-14-15)5-4-10(12)3-1-8-16/h1-7,9,16H,8H2/b3-1+. The highest BCUT2D eigenvalue weighted by molar-refractivity contribution is 5.52. The van der Waals surface area contributed by atoms with E-state index in [9.17, 15) is 4.39 Å². The number of nitrogens with zero attached hydrogens (tertiary/aromatic N) is 2. The van der Waals surface area contributed by atoms with Gasteiger partial charge >= 0.3 is 0 Å². The molecule has 82 valence electrons. The van der Waals surface area contributed by atoms with Crippen LogP contribution in [0.25, 0.3) is 11.8 Å². The fraction of sp³-hybridized carbons (Fsp3) is 0.0833. The Bertz CT molecular complexity index is 492. The van der Waals surface area contributed by atoms with Crippen LogP contribution >= 0.6 is 0 Å². The Morgan fingerprint density at radius 1 is 1.44 bits per heavy atom. The first-order valence-corrected chi connectivity index (χ1v) is 4.88. The quantitative estimate of drug-likeness (QED) is 0.855. The van der Waals surface area contributed by atoms with Gasteiger partial charge in [0.1, 0.15) is 5.82 Å². The van der Waals surface area contributed by atoms with E-state index >= 15 is 0 Å². The summed E-state index contributed by atoms with van der Waals surface area (Å²) in [6.07, 6.45) is 6.42. The predicted octanol–water partition coefficient (Wildman–Crippen LogP) is 2.02. The second kappa shape index (κ2) is 4.72. The Hall–Kier alpha value is -1.94. The van der Waals surface area contributed by atoms with E-state index in [0.29, 0.717) is 11.3 Å². The van der Waals surface area contributed by atoms with Crippen molar-refractivity contribution in [3.63, 3.8) is 0 Å². The highest BCUT2D eigenvalue weighted by Gasteiger charge is 2.02. The maximum Gasteiger partial charge on any atom is 0.132 e. The van der Waals surface area contributed by atoms with Crippen molar-refractivity contribution in [1.82, 2.24) is 9.78 Å². The normalized spacial score (nSPS) is 11.1. The third-order valence-electron chi connectivity index (χ3n) is 2.16. The van der Waals surface area contributed by atoms with Crippen LogP contribution in [0, 0.1) is 5.82 Å². The Kier molecular flexibility index (Phi) is 3.12. The topological polar surface area (TPSA) is 38.0 Å². The molecule has 0 bridgehead atoms. The maximum absolute atomic E-state index is 13.6. The molecule has 2 rings (SSSR count). The smallest absolute Gasteiger partial charge is 0.132 e. The molecule has 0 saturated heterocycles. The molecule has 1 aromatic heterocycles. The van der Waals surface area contributed by atoms with Crippen LogP contribution in [0.15, 0.2) is 42.7 Å². The lowest BCUT2D eigenvalue weighted by Crippen LogP contribution is -1.95. The van der Waals surface area contributed by atoms with Gasteiger partial charge in [0.15, 0.2) is 0 Å². The van der Waals surface area contributed by atoms with Gasteiger partial charge in [-0.15, -0.1) is 0 Å². The van der Waals surface area contributed by atoms with Gasteiger partial charge in [-0.2, -0.15) is 5.10 Å². The van der Waals surface area contributed by atoms with Gasteiger partial charge in [-0.1, -0.05) is 12.2 Å². The molecule has 4 heteroatoms. The molecule has 0 amide bonds. The van der Waals surface area contributed by atoms with Gasteiger partial charge < -0.3 is 5.11 Å². The van der Waals surface area contributed by atoms with E-state index in [1.165, 1.54) is 12.1 Å². The van der Waals surface area contributed by atoms with Crippen LogP contribution in [-0.4, -0.2) is 21.5 Å². The van der Waals surface area contributed by atoms with Crippen LogP contribution in [0.2, 0.25) is 0 Å². The summed E-state index contributed by atoms with van der Waals surface area (Å²) in [5.41, 5.74) is 1.12.